The van der Waals surface area contributed by atoms with Crippen molar-refractivity contribution in [1.82, 2.24) is 10.4 Å². The molecule has 0 aliphatic rings. The predicted molar refractivity (Wildman–Crippen MR) is 195 cm³/mol. The summed E-state index contributed by atoms with van der Waals surface area (Å²) in [4.78, 5) is 40.1. The summed E-state index contributed by atoms with van der Waals surface area (Å²) in [7, 11) is 0. The second-order valence-corrected chi connectivity index (χ2v) is 21.4. The first-order valence-corrected chi connectivity index (χ1v) is 20.9. The first-order chi connectivity index (χ1) is 23.1. The number of hydrogen-bond donors (Lipinski definition) is 1. The summed E-state index contributed by atoms with van der Waals surface area (Å²) in [5, 5.41) is 2.18. The van der Waals surface area contributed by atoms with Crippen LogP contribution in [0.5, 0.6) is 0 Å². The van der Waals surface area contributed by atoms with E-state index in [0.29, 0.717) is 5.56 Å². The van der Waals surface area contributed by atoms with Crippen LogP contribution >= 0.6 is 0 Å². The molecule has 0 aromatic heterocycles. The topological polar surface area (TPSA) is 75.7 Å². The average molecular weight is 699 g/mol. The van der Waals surface area contributed by atoms with Gasteiger partial charge in [-0.2, -0.15) is 0 Å². The van der Waals surface area contributed by atoms with Crippen molar-refractivity contribution in [2.45, 2.75) is 38.5 Å². The summed E-state index contributed by atoms with van der Waals surface area (Å²) in [6.45, 7) is 7.87. The van der Waals surface area contributed by atoms with Gasteiger partial charge < -0.3 is 0 Å². The Balaban J connectivity index is 1.35. The van der Waals surface area contributed by atoms with Crippen LogP contribution in [0.2, 0.25) is 5.25 Å². The molecule has 1 unspecified atom stereocenters. The van der Waals surface area contributed by atoms with Gasteiger partial charge in [0.15, 0.2) is 0 Å². The zero-order valence-electron chi connectivity index (χ0n) is 27.9. The van der Waals surface area contributed by atoms with Crippen LogP contribution in [0.3, 0.4) is 0 Å². The van der Waals surface area contributed by atoms with Gasteiger partial charge in [-0.15, -0.1) is 0 Å². The monoisotopic (exact) mass is 700 g/mol. The van der Waals surface area contributed by atoms with Crippen molar-refractivity contribution in [3.63, 3.8) is 0 Å². The fourth-order valence-corrected chi connectivity index (χ4v) is 16.9. The molecular formula is C41H42GeN2O4. The number of nitrogens with zero attached hydrogens (tertiary/aromatic N) is 1. The van der Waals surface area contributed by atoms with Crippen LogP contribution in [0.25, 0.3) is 0 Å². The second-order valence-electron chi connectivity index (χ2n) is 13.1. The summed E-state index contributed by atoms with van der Waals surface area (Å²) in [6, 6.07) is 47.4. The Morgan fingerprint density at radius 3 is 1.56 bits per heavy atom. The molecule has 0 heterocycles. The third-order valence-corrected chi connectivity index (χ3v) is 19.5. The summed E-state index contributed by atoms with van der Waals surface area (Å²) >= 11 is -3.22. The van der Waals surface area contributed by atoms with Gasteiger partial charge in [0.2, 0.25) is 0 Å². The van der Waals surface area contributed by atoms with Gasteiger partial charge >= 0.3 is 246 Å². The molecule has 0 fully saturated rings. The van der Waals surface area contributed by atoms with E-state index in [0.717, 1.165) is 5.25 Å². The Hall–Kier alpha value is -4.95. The third kappa shape index (κ3) is 7.94. The van der Waals surface area contributed by atoms with Crippen LogP contribution in [0.15, 0.2) is 146 Å². The Morgan fingerprint density at radius 1 is 0.646 bits per heavy atom. The van der Waals surface area contributed by atoms with Crippen LogP contribution < -0.4 is 18.6 Å². The quantitative estimate of drug-likeness (QED) is 0.107. The zero-order valence-corrected chi connectivity index (χ0v) is 30.0. The number of nitrogens with one attached hydrogen (secondary N) is 1. The van der Waals surface area contributed by atoms with E-state index < -0.39 is 36.6 Å². The van der Waals surface area contributed by atoms with Gasteiger partial charge in [-0.25, -0.2) is 0 Å². The predicted octanol–water partition coefficient (Wildman–Crippen LogP) is 6.24. The molecule has 0 aliphatic heterocycles. The molecule has 2 amide bonds. The fourth-order valence-electron chi connectivity index (χ4n) is 6.09. The molecule has 6 nitrogen and oxygen atoms in total. The minimum atomic E-state index is -3.22. The molecule has 0 saturated carbocycles. The van der Waals surface area contributed by atoms with E-state index in [1.54, 1.807) is 42.5 Å². The summed E-state index contributed by atoms with van der Waals surface area (Å²) in [6.07, 6.45) is 0. The summed E-state index contributed by atoms with van der Waals surface area (Å²) in [5.41, 5.74) is 3.00. The Kier molecular flexibility index (Phi) is 11.0. The normalized spacial score (nSPS) is 12.1. The molecule has 0 aliphatic carbocycles. The molecule has 0 saturated heterocycles. The molecule has 5 aromatic carbocycles. The SMILES string of the molecule is CC(COC(=O)c1cccc(C(=O)N(NC(=O)c2ccccc2)C(C)(C)C)c1)[CH2][Ge]([c]1ccccc1)([c]1ccccc1)[c]1ccccc1. The molecule has 48 heavy (non-hydrogen) atoms. The molecule has 1 N–H and O–H groups in total. The van der Waals surface area contributed by atoms with Crippen molar-refractivity contribution in [3.8, 4) is 0 Å². The third-order valence-electron chi connectivity index (χ3n) is 8.42. The van der Waals surface area contributed by atoms with Crippen molar-refractivity contribution >= 4 is 44.2 Å². The van der Waals surface area contributed by atoms with Gasteiger partial charge in [-0.05, 0) is 12.1 Å². The van der Waals surface area contributed by atoms with Gasteiger partial charge in [0.25, 0.3) is 0 Å². The molecule has 5 rings (SSSR count). The molecule has 1 atom stereocenters. The maximum atomic E-state index is 13.7. The molecule has 0 spiro atoms. The van der Waals surface area contributed by atoms with Gasteiger partial charge in [0.05, 0.1) is 0 Å². The summed E-state index contributed by atoms with van der Waals surface area (Å²) < 4.78 is 9.97. The van der Waals surface area contributed by atoms with Gasteiger partial charge in [0, 0.05) is 5.56 Å². The number of amides is 2. The van der Waals surface area contributed by atoms with Crippen molar-refractivity contribution in [2.24, 2.45) is 5.92 Å². The van der Waals surface area contributed by atoms with Gasteiger partial charge in [-0.1, -0.05) is 18.2 Å². The van der Waals surface area contributed by atoms with Crippen molar-refractivity contribution < 1.29 is 19.1 Å². The number of esters is 1. The molecule has 0 bridgehead atoms. The number of hydrazine groups is 1. The van der Waals surface area contributed by atoms with E-state index in [-0.39, 0.29) is 23.7 Å². The van der Waals surface area contributed by atoms with Crippen LogP contribution in [-0.2, 0) is 4.74 Å². The first kappa shape index (κ1) is 34.4. The van der Waals surface area contributed by atoms with Crippen molar-refractivity contribution in [3.05, 3.63) is 162 Å². The van der Waals surface area contributed by atoms with Crippen molar-refractivity contribution in [2.75, 3.05) is 6.61 Å². The number of benzene rings is 5. The van der Waals surface area contributed by atoms with E-state index in [4.69, 9.17) is 4.74 Å². The fraction of sp³-hybridized carbons (Fsp3) is 0.195. The minimum absolute atomic E-state index is 0.0592. The Morgan fingerprint density at radius 2 is 1.08 bits per heavy atom. The number of carbonyl (C=O) groups is 3. The van der Waals surface area contributed by atoms with Crippen LogP contribution in [0, 0.1) is 5.92 Å². The molecule has 0 radical (unpaired) electrons. The zero-order chi connectivity index (χ0) is 34.1. The van der Waals surface area contributed by atoms with Gasteiger partial charge in [0.1, 0.15) is 0 Å². The Labute approximate surface area is 286 Å². The first-order valence-electron chi connectivity index (χ1n) is 16.2. The van der Waals surface area contributed by atoms with Crippen molar-refractivity contribution in [1.29, 1.82) is 0 Å². The standard InChI is InChI=1S/C41H42GeN2O4/c1-31(29-42(35-22-11-6-12-23-35,36-24-13-7-14-25-36)37-26-15-8-16-27-37)30-48-40(47)34-21-17-20-33(28-34)39(46)44(41(2,3)4)43-38(45)32-18-9-5-10-19-32/h5-28,31H,29-30H2,1-4H3,(H,43,45). The maximum absolute atomic E-state index is 13.7. The molecular weight excluding hydrogens is 657 g/mol. The molecule has 5 aromatic rings. The molecule has 244 valence electrons. The van der Waals surface area contributed by atoms with Crippen LogP contribution in [0.4, 0.5) is 0 Å². The molecule has 7 heteroatoms. The number of carbonyl (C=O) groups excluding carboxylic acids is 3. The summed E-state index contributed by atoms with van der Waals surface area (Å²) in [5.74, 6) is -1.26. The van der Waals surface area contributed by atoms with E-state index in [9.17, 15) is 14.4 Å². The number of hydrogen-bond acceptors (Lipinski definition) is 4. The number of rotatable bonds is 10. The number of ether oxygens (including phenoxy) is 1. The van der Waals surface area contributed by atoms with E-state index in [2.05, 4.69) is 103 Å². The van der Waals surface area contributed by atoms with E-state index in [1.807, 2.05) is 26.8 Å². The van der Waals surface area contributed by atoms with E-state index in [1.165, 1.54) is 24.3 Å². The van der Waals surface area contributed by atoms with Crippen LogP contribution in [0.1, 0.15) is 58.8 Å². The van der Waals surface area contributed by atoms with Gasteiger partial charge in [-0.3, -0.25) is 4.79 Å². The average Bonchev–Trinajstić information content (AvgIpc) is 3.12. The second kappa shape index (κ2) is 15.3. The van der Waals surface area contributed by atoms with E-state index >= 15 is 0 Å². The Bertz CT molecular complexity index is 1730. The van der Waals surface area contributed by atoms with Crippen LogP contribution in [-0.4, -0.2) is 48.2 Å².